The largest absolute Gasteiger partial charge is 0.487 e. The molecule has 1 fully saturated rings. The number of hydrogen-bond donors (Lipinski definition) is 0. The molecule has 3 aromatic heterocycles. The molecule has 4 heterocycles. The monoisotopic (exact) mass is 470 g/mol. The molecule has 1 saturated heterocycles. The van der Waals surface area contributed by atoms with Crippen LogP contribution in [0.1, 0.15) is 35.0 Å². The number of anilines is 1. The molecule has 0 spiro atoms. The summed E-state index contributed by atoms with van der Waals surface area (Å²) in [5, 5.41) is 14.1. The Bertz CT molecular complexity index is 1200. The molecule has 4 aromatic rings. The van der Waals surface area contributed by atoms with Crippen LogP contribution < -0.4 is 9.64 Å². The number of benzene rings is 1. The molecular formula is C21H20F2N8OS. The van der Waals surface area contributed by atoms with Gasteiger partial charge in [0, 0.05) is 24.4 Å². The minimum Gasteiger partial charge on any atom is -0.487 e. The Morgan fingerprint density at radius 1 is 1.06 bits per heavy atom. The second-order valence-electron chi connectivity index (χ2n) is 7.71. The van der Waals surface area contributed by atoms with Gasteiger partial charge in [-0.25, -0.2) is 9.67 Å². The summed E-state index contributed by atoms with van der Waals surface area (Å²) in [6.07, 6.45) is 3.15. The van der Waals surface area contributed by atoms with Crippen molar-refractivity contribution in [2.24, 2.45) is 0 Å². The molecule has 1 aliphatic heterocycles. The van der Waals surface area contributed by atoms with Crippen molar-refractivity contribution < 1.29 is 13.5 Å². The van der Waals surface area contributed by atoms with E-state index in [-0.39, 0.29) is 17.4 Å². The Labute approximate surface area is 192 Å². The average molecular weight is 471 g/mol. The van der Waals surface area contributed by atoms with Crippen molar-refractivity contribution in [3.8, 4) is 11.4 Å². The summed E-state index contributed by atoms with van der Waals surface area (Å²) in [4.78, 5) is 14.2. The highest BCUT2D eigenvalue weighted by Gasteiger charge is 2.25. The molecular weight excluding hydrogens is 450 g/mol. The van der Waals surface area contributed by atoms with Crippen LogP contribution >= 0.6 is 11.3 Å². The van der Waals surface area contributed by atoms with Crippen molar-refractivity contribution in [3.63, 3.8) is 0 Å². The second kappa shape index (κ2) is 9.14. The van der Waals surface area contributed by atoms with Crippen LogP contribution in [0.5, 0.6) is 5.75 Å². The molecule has 0 atom stereocenters. The third-order valence-corrected chi connectivity index (χ3v) is 6.60. The van der Waals surface area contributed by atoms with E-state index in [9.17, 15) is 8.78 Å². The summed E-state index contributed by atoms with van der Waals surface area (Å²) in [6.45, 7) is 2.93. The summed E-state index contributed by atoms with van der Waals surface area (Å²) in [6, 6.07) is 7.47. The lowest BCUT2D eigenvalue weighted by molar-refractivity contribution is 0.301. The Morgan fingerprint density at radius 3 is 2.45 bits per heavy atom. The van der Waals surface area contributed by atoms with Crippen molar-refractivity contribution >= 4 is 17.3 Å². The highest BCUT2D eigenvalue weighted by molar-refractivity contribution is 7.09. The van der Waals surface area contributed by atoms with Crippen molar-refractivity contribution in [1.29, 1.82) is 0 Å². The Balaban J connectivity index is 1.15. The van der Waals surface area contributed by atoms with E-state index in [1.54, 1.807) is 16.0 Å². The fraction of sp³-hybridized carbons (Fsp3) is 0.333. The molecule has 12 heteroatoms. The molecule has 170 valence electrons. The predicted molar refractivity (Wildman–Crippen MR) is 116 cm³/mol. The van der Waals surface area contributed by atoms with Crippen LogP contribution in [0.2, 0.25) is 0 Å². The van der Waals surface area contributed by atoms with Crippen molar-refractivity contribution in [3.05, 3.63) is 64.1 Å². The normalized spacial score (nSPS) is 14.6. The predicted octanol–water partition coefficient (Wildman–Crippen LogP) is 3.46. The van der Waals surface area contributed by atoms with Gasteiger partial charge in [0.2, 0.25) is 17.8 Å². The molecule has 1 aliphatic rings. The lowest BCUT2D eigenvalue weighted by Crippen LogP contribution is -2.34. The highest BCUT2D eigenvalue weighted by Crippen LogP contribution is 2.32. The fourth-order valence-corrected chi connectivity index (χ4v) is 4.61. The van der Waals surface area contributed by atoms with E-state index < -0.39 is 11.9 Å². The zero-order valence-electron chi connectivity index (χ0n) is 17.7. The highest BCUT2D eigenvalue weighted by atomic mass is 32.1. The first-order valence-corrected chi connectivity index (χ1v) is 11.3. The van der Waals surface area contributed by atoms with Gasteiger partial charge in [-0.05, 0) is 54.5 Å². The van der Waals surface area contributed by atoms with Gasteiger partial charge < -0.3 is 9.64 Å². The van der Waals surface area contributed by atoms with Crippen molar-refractivity contribution in [2.45, 2.75) is 32.3 Å². The van der Waals surface area contributed by atoms with Crippen LogP contribution in [0.25, 0.3) is 5.69 Å². The van der Waals surface area contributed by atoms with Gasteiger partial charge in [-0.15, -0.1) is 16.4 Å². The van der Waals surface area contributed by atoms with E-state index in [1.807, 2.05) is 34.5 Å². The first-order valence-electron chi connectivity index (χ1n) is 10.4. The number of halogens is 2. The van der Waals surface area contributed by atoms with E-state index in [4.69, 9.17) is 9.72 Å². The van der Waals surface area contributed by atoms with Crippen LogP contribution in [-0.2, 0) is 6.61 Å². The lowest BCUT2D eigenvalue weighted by atomic mass is 9.98. The summed E-state index contributed by atoms with van der Waals surface area (Å²) in [5.41, 5.74) is 1.55. The summed E-state index contributed by atoms with van der Waals surface area (Å²) >= 11 is 1.61. The third kappa shape index (κ3) is 4.65. The van der Waals surface area contributed by atoms with Crippen LogP contribution in [0, 0.1) is 18.8 Å². The molecule has 5 rings (SSSR count). The standard InChI is InChI=1S/C21H20F2N8OS/c1-13-18(22)26-21(27-19(13)23)30-8-6-14(7-9-30)20-25-15(11-33-20)10-32-17-4-2-16(3-5-17)31-12-24-28-29-31/h2-5,11-12,14H,6-10H2,1H3. The number of thiazole rings is 1. The summed E-state index contributed by atoms with van der Waals surface area (Å²) in [7, 11) is 0. The molecule has 0 saturated carbocycles. The smallest absolute Gasteiger partial charge is 0.230 e. The van der Waals surface area contributed by atoms with Crippen LogP contribution in [0.15, 0.2) is 36.0 Å². The van der Waals surface area contributed by atoms with E-state index in [0.717, 1.165) is 35.0 Å². The first-order chi connectivity index (χ1) is 16.1. The second-order valence-corrected chi connectivity index (χ2v) is 8.60. The maximum Gasteiger partial charge on any atom is 0.230 e. The Hall–Kier alpha value is -3.54. The van der Waals surface area contributed by atoms with Gasteiger partial charge in [0.05, 0.1) is 22.0 Å². The number of nitrogens with zero attached hydrogens (tertiary/aromatic N) is 8. The van der Waals surface area contributed by atoms with Gasteiger partial charge in [-0.1, -0.05) is 0 Å². The minimum absolute atomic E-state index is 0.105. The van der Waals surface area contributed by atoms with Gasteiger partial charge in [-0.2, -0.15) is 18.7 Å². The van der Waals surface area contributed by atoms with E-state index >= 15 is 0 Å². The van der Waals surface area contributed by atoms with E-state index in [0.29, 0.717) is 19.7 Å². The fourth-order valence-electron chi connectivity index (χ4n) is 3.63. The number of hydrogen-bond acceptors (Lipinski definition) is 9. The Kier molecular flexibility index (Phi) is 5.90. The third-order valence-electron chi connectivity index (χ3n) is 5.55. The maximum absolute atomic E-state index is 13.8. The lowest BCUT2D eigenvalue weighted by Gasteiger charge is -2.31. The van der Waals surface area contributed by atoms with Crippen LogP contribution in [0.4, 0.5) is 14.7 Å². The number of ether oxygens (including phenoxy) is 1. The zero-order chi connectivity index (χ0) is 22.8. The van der Waals surface area contributed by atoms with Gasteiger partial charge in [0.25, 0.3) is 0 Å². The molecule has 0 radical (unpaired) electrons. The molecule has 0 bridgehead atoms. The van der Waals surface area contributed by atoms with Gasteiger partial charge in [0.15, 0.2) is 0 Å². The van der Waals surface area contributed by atoms with E-state index in [1.165, 1.54) is 13.3 Å². The topological polar surface area (TPSA) is 94.7 Å². The Morgan fingerprint density at radius 2 is 1.79 bits per heavy atom. The molecule has 0 N–H and O–H groups in total. The number of piperidine rings is 1. The maximum atomic E-state index is 13.8. The van der Waals surface area contributed by atoms with Crippen molar-refractivity contribution in [2.75, 3.05) is 18.0 Å². The van der Waals surface area contributed by atoms with Crippen molar-refractivity contribution in [1.82, 2.24) is 35.2 Å². The average Bonchev–Trinajstić information content (AvgIpc) is 3.54. The molecule has 0 amide bonds. The van der Waals surface area contributed by atoms with Gasteiger partial charge >= 0.3 is 0 Å². The number of rotatable bonds is 6. The molecule has 33 heavy (non-hydrogen) atoms. The zero-order valence-corrected chi connectivity index (χ0v) is 18.5. The molecule has 9 nitrogen and oxygen atoms in total. The first kappa shape index (κ1) is 21.3. The number of tetrazole rings is 1. The van der Waals surface area contributed by atoms with Crippen LogP contribution in [0.3, 0.4) is 0 Å². The summed E-state index contributed by atoms with van der Waals surface area (Å²) in [5.74, 6) is -0.500. The quantitative estimate of drug-likeness (QED) is 0.396. The minimum atomic E-state index is -0.811. The van der Waals surface area contributed by atoms with Gasteiger partial charge in [-0.3, -0.25) is 0 Å². The van der Waals surface area contributed by atoms with E-state index in [2.05, 4.69) is 25.5 Å². The SMILES string of the molecule is Cc1c(F)nc(N2CCC(c3nc(COc4ccc(-n5cnnn5)cc4)cs3)CC2)nc1F. The molecule has 0 aliphatic carbocycles. The summed E-state index contributed by atoms with van der Waals surface area (Å²) < 4.78 is 35.0. The van der Waals surface area contributed by atoms with Crippen LogP contribution in [-0.4, -0.2) is 48.2 Å². The van der Waals surface area contributed by atoms with Gasteiger partial charge in [0.1, 0.15) is 18.7 Å². The molecule has 0 unspecified atom stereocenters. The number of aromatic nitrogens is 7. The molecule has 1 aromatic carbocycles.